The molecular formula is C13H19N3S. The average molecular weight is 249 g/mol. The van der Waals surface area contributed by atoms with Gasteiger partial charge in [-0.1, -0.05) is 26.2 Å². The molecule has 0 unspecified atom stereocenters. The molecule has 1 fully saturated rings. The topological polar surface area (TPSA) is 48.7 Å². The lowest BCUT2D eigenvalue weighted by atomic mass is 9.76. The third-order valence-corrected chi connectivity index (χ3v) is 4.61. The fourth-order valence-corrected chi connectivity index (χ4v) is 3.24. The zero-order valence-corrected chi connectivity index (χ0v) is 11.4. The van der Waals surface area contributed by atoms with E-state index in [2.05, 4.69) is 22.7 Å². The van der Waals surface area contributed by atoms with Crippen LogP contribution in [-0.4, -0.2) is 10.9 Å². The smallest absolute Gasteiger partial charge is 0.127 e. The van der Waals surface area contributed by atoms with Gasteiger partial charge in [0, 0.05) is 6.54 Å². The Hall–Kier alpha value is -1.08. The average Bonchev–Trinajstić information content (AvgIpc) is 2.68. The van der Waals surface area contributed by atoms with Crippen LogP contribution in [0.3, 0.4) is 0 Å². The molecule has 1 aromatic heterocycles. The maximum absolute atomic E-state index is 9.07. The van der Waals surface area contributed by atoms with Gasteiger partial charge in [0.2, 0.25) is 0 Å². The summed E-state index contributed by atoms with van der Waals surface area (Å²) in [7, 11) is 0. The second-order valence-electron chi connectivity index (χ2n) is 5.31. The van der Waals surface area contributed by atoms with Crippen LogP contribution >= 0.6 is 11.5 Å². The molecule has 0 saturated heterocycles. The SMILES string of the molecule is Cc1nsc(NCC2(C)CCCCC2)c1C#N. The van der Waals surface area contributed by atoms with E-state index >= 15 is 0 Å². The summed E-state index contributed by atoms with van der Waals surface area (Å²) in [5, 5.41) is 13.4. The summed E-state index contributed by atoms with van der Waals surface area (Å²) in [5.74, 6) is 0. The van der Waals surface area contributed by atoms with E-state index in [1.165, 1.54) is 43.6 Å². The Morgan fingerprint density at radius 2 is 2.12 bits per heavy atom. The highest BCUT2D eigenvalue weighted by Gasteiger charge is 2.27. The molecule has 1 N–H and O–H groups in total. The Balaban J connectivity index is 2.00. The van der Waals surface area contributed by atoms with E-state index in [-0.39, 0.29) is 0 Å². The molecule has 0 radical (unpaired) electrons. The largest absolute Gasteiger partial charge is 0.374 e. The standard InChI is InChI=1S/C13H19N3S/c1-10-11(8-14)12(17-16-10)15-9-13(2)6-4-3-5-7-13/h15H,3-7,9H2,1-2H3. The van der Waals surface area contributed by atoms with Crippen molar-refractivity contribution in [1.29, 1.82) is 5.26 Å². The van der Waals surface area contributed by atoms with Gasteiger partial charge in [-0.3, -0.25) is 0 Å². The Kier molecular flexibility index (Phi) is 3.68. The van der Waals surface area contributed by atoms with Crippen LogP contribution in [0, 0.1) is 23.7 Å². The molecule has 1 aromatic rings. The molecule has 92 valence electrons. The van der Waals surface area contributed by atoms with Crippen LogP contribution in [0.4, 0.5) is 5.00 Å². The van der Waals surface area contributed by atoms with E-state index in [1.807, 2.05) is 6.92 Å². The molecule has 1 aliphatic carbocycles. The minimum Gasteiger partial charge on any atom is -0.374 e. The molecule has 0 amide bonds. The lowest BCUT2D eigenvalue weighted by Gasteiger charge is -2.33. The minimum atomic E-state index is 0.392. The number of anilines is 1. The number of aromatic nitrogens is 1. The predicted octanol–water partition coefficient (Wildman–Crippen LogP) is 3.71. The van der Waals surface area contributed by atoms with Crippen molar-refractivity contribution in [3.8, 4) is 6.07 Å². The third-order valence-electron chi connectivity index (χ3n) is 3.71. The van der Waals surface area contributed by atoms with E-state index < -0.39 is 0 Å². The van der Waals surface area contributed by atoms with Crippen molar-refractivity contribution in [2.24, 2.45) is 5.41 Å². The summed E-state index contributed by atoms with van der Waals surface area (Å²) in [4.78, 5) is 0. The maximum Gasteiger partial charge on any atom is 0.127 e. The van der Waals surface area contributed by atoms with Crippen molar-refractivity contribution in [1.82, 2.24) is 4.37 Å². The summed E-state index contributed by atoms with van der Waals surface area (Å²) in [6.45, 7) is 5.20. The van der Waals surface area contributed by atoms with Crippen molar-refractivity contribution < 1.29 is 0 Å². The molecule has 3 nitrogen and oxygen atoms in total. The number of aryl methyl sites for hydroxylation is 1. The first-order valence-electron chi connectivity index (χ1n) is 6.25. The quantitative estimate of drug-likeness (QED) is 0.888. The van der Waals surface area contributed by atoms with E-state index in [9.17, 15) is 0 Å². The van der Waals surface area contributed by atoms with Crippen molar-refractivity contribution >= 4 is 16.5 Å². The van der Waals surface area contributed by atoms with Crippen LogP contribution in [0.2, 0.25) is 0 Å². The summed E-state index contributed by atoms with van der Waals surface area (Å²) < 4.78 is 4.23. The number of hydrogen-bond donors (Lipinski definition) is 1. The Labute approximate surface area is 107 Å². The van der Waals surface area contributed by atoms with Crippen LogP contribution < -0.4 is 5.32 Å². The molecule has 0 spiro atoms. The lowest BCUT2D eigenvalue weighted by Crippen LogP contribution is -2.28. The number of nitrogens with zero attached hydrogens (tertiary/aromatic N) is 2. The van der Waals surface area contributed by atoms with Crippen molar-refractivity contribution in [2.45, 2.75) is 46.0 Å². The monoisotopic (exact) mass is 249 g/mol. The Morgan fingerprint density at radius 1 is 1.41 bits per heavy atom. The summed E-state index contributed by atoms with van der Waals surface area (Å²) >= 11 is 1.40. The summed E-state index contributed by atoms with van der Waals surface area (Å²) in [5.41, 5.74) is 1.95. The first-order valence-corrected chi connectivity index (χ1v) is 7.02. The second kappa shape index (κ2) is 5.05. The molecule has 4 heteroatoms. The zero-order valence-electron chi connectivity index (χ0n) is 10.5. The number of nitriles is 1. The van der Waals surface area contributed by atoms with Gasteiger partial charge < -0.3 is 5.32 Å². The van der Waals surface area contributed by atoms with Crippen molar-refractivity contribution in [3.05, 3.63) is 11.3 Å². The highest BCUT2D eigenvalue weighted by atomic mass is 32.1. The lowest BCUT2D eigenvalue weighted by molar-refractivity contribution is 0.233. The van der Waals surface area contributed by atoms with Gasteiger partial charge in [0.25, 0.3) is 0 Å². The highest BCUT2D eigenvalue weighted by molar-refractivity contribution is 7.10. The van der Waals surface area contributed by atoms with E-state index in [0.717, 1.165) is 22.8 Å². The zero-order chi connectivity index (χ0) is 12.3. The number of rotatable bonds is 3. The van der Waals surface area contributed by atoms with Crippen molar-refractivity contribution in [3.63, 3.8) is 0 Å². The first kappa shape index (κ1) is 12.4. The fourth-order valence-electron chi connectivity index (χ4n) is 2.50. The number of nitrogens with one attached hydrogen (secondary N) is 1. The molecular weight excluding hydrogens is 230 g/mol. The molecule has 1 aliphatic rings. The van der Waals surface area contributed by atoms with Crippen LogP contribution in [0.25, 0.3) is 0 Å². The van der Waals surface area contributed by atoms with E-state index in [4.69, 9.17) is 5.26 Å². The fraction of sp³-hybridized carbons (Fsp3) is 0.692. The molecule has 1 saturated carbocycles. The van der Waals surface area contributed by atoms with Crippen LogP contribution in [-0.2, 0) is 0 Å². The van der Waals surface area contributed by atoms with Crippen LogP contribution in [0.15, 0.2) is 0 Å². The Morgan fingerprint density at radius 3 is 2.76 bits per heavy atom. The first-order chi connectivity index (χ1) is 8.14. The highest BCUT2D eigenvalue weighted by Crippen LogP contribution is 2.36. The van der Waals surface area contributed by atoms with Crippen LogP contribution in [0.5, 0.6) is 0 Å². The van der Waals surface area contributed by atoms with Gasteiger partial charge in [0.05, 0.1) is 5.69 Å². The third kappa shape index (κ3) is 2.78. The summed E-state index contributed by atoms with van der Waals surface area (Å²) in [6.07, 6.45) is 6.63. The minimum absolute atomic E-state index is 0.392. The molecule has 1 heterocycles. The molecule has 0 atom stereocenters. The molecule has 0 aliphatic heterocycles. The van der Waals surface area contributed by atoms with Gasteiger partial charge in [-0.15, -0.1) is 0 Å². The molecule has 0 aromatic carbocycles. The Bertz CT molecular complexity index is 424. The molecule has 2 rings (SSSR count). The predicted molar refractivity (Wildman–Crippen MR) is 71.2 cm³/mol. The molecule has 0 bridgehead atoms. The van der Waals surface area contributed by atoms with Crippen molar-refractivity contribution in [2.75, 3.05) is 11.9 Å². The van der Waals surface area contributed by atoms with Gasteiger partial charge in [-0.25, -0.2) is 0 Å². The normalized spacial score (nSPS) is 18.6. The summed E-state index contributed by atoms with van der Waals surface area (Å²) in [6, 6.07) is 2.23. The van der Waals surface area contributed by atoms with Gasteiger partial charge in [0.1, 0.15) is 16.6 Å². The van der Waals surface area contributed by atoms with Gasteiger partial charge in [-0.2, -0.15) is 9.64 Å². The van der Waals surface area contributed by atoms with Gasteiger partial charge in [0.15, 0.2) is 0 Å². The van der Waals surface area contributed by atoms with Gasteiger partial charge in [-0.05, 0) is 36.7 Å². The van der Waals surface area contributed by atoms with Gasteiger partial charge >= 0.3 is 0 Å². The van der Waals surface area contributed by atoms with E-state index in [1.54, 1.807) is 0 Å². The van der Waals surface area contributed by atoms with Crippen LogP contribution in [0.1, 0.15) is 50.3 Å². The van der Waals surface area contributed by atoms with E-state index in [0.29, 0.717) is 5.41 Å². The number of hydrogen-bond acceptors (Lipinski definition) is 4. The second-order valence-corrected chi connectivity index (χ2v) is 6.08. The molecule has 17 heavy (non-hydrogen) atoms. The maximum atomic E-state index is 9.07.